The molecule has 1 heterocycles. The fraction of sp³-hybridized carbons (Fsp3) is 0. The van der Waals surface area contributed by atoms with Crippen molar-refractivity contribution in [1.29, 1.82) is 10.7 Å². The van der Waals surface area contributed by atoms with Gasteiger partial charge in [0.05, 0.1) is 5.57 Å². The summed E-state index contributed by atoms with van der Waals surface area (Å²) in [6, 6.07) is 5.31. The predicted molar refractivity (Wildman–Crippen MR) is 48.6 cm³/mol. The molecule has 0 aliphatic rings. The van der Waals surface area contributed by atoms with Gasteiger partial charge >= 0.3 is 0 Å². The summed E-state index contributed by atoms with van der Waals surface area (Å²) < 4.78 is 0. The zero-order valence-corrected chi connectivity index (χ0v) is 6.33. The van der Waals surface area contributed by atoms with Crippen molar-refractivity contribution in [3.63, 3.8) is 0 Å². The summed E-state index contributed by atoms with van der Waals surface area (Å²) in [6.45, 7) is 0. The minimum atomic E-state index is 0.289. The monoisotopic (exact) mass is 155 g/mol. The smallest absolute Gasteiger partial charge is 0.138 e. The van der Waals surface area contributed by atoms with Crippen LogP contribution >= 0.6 is 0 Å². The highest BCUT2D eigenvalue weighted by Crippen LogP contribution is 1.99. The van der Waals surface area contributed by atoms with Gasteiger partial charge < -0.3 is 10.4 Å². The highest BCUT2D eigenvalue weighted by atomic mass is 14.7. The molecule has 2 radical (unpaired) electrons. The Morgan fingerprint density at radius 2 is 2.42 bits per heavy atom. The molecular weight excluding hydrogens is 149 g/mol. The van der Waals surface area contributed by atoms with Gasteiger partial charge in [-0.25, -0.2) is 0 Å². The highest BCUT2D eigenvalue weighted by Gasteiger charge is 1.92. The Kier molecular flexibility index (Phi) is 2.49. The maximum atomic E-state index is 8.48. The van der Waals surface area contributed by atoms with Crippen molar-refractivity contribution in [2.45, 2.75) is 0 Å². The van der Waals surface area contributed by atoms with E-state index in [-0.39, 0.29) is 5.57 Å². The molecule has 0 aliphatic heterocycles. The van der Waals surface area contributed by atoms with Gasteiger partial charge in [0.2, 0.25) is 0 Å². The normalized spacial score (nSPS) is 10.8. The third-order valence-corrected chi connectivity index (χ3v) is 1.33. The van der Waals surface area contributed by atoms with Crippen molar-refractivity contribution in [3.05, 3.63) is 23.4 Å². The first-order valence-corrected chi connectivity index (χ1v) is 3.33. The first-order chi connectivity index (χ1) is 5.76. The van der Waals surface area contributed by atoms with Gasteiger partial charge in [0.25, 0.3) is 0 Å². The average Bonchev–Trinajstić information content (AvgIpc) is 2.47. The molecule has 0 unspecified atom stereocenters. The van der Waals surface area contributed by atoms with E-state index in [1.54, 1.807) is 18.2 Å². The third kappa shape index (κ3) is 1.86. The number of nitriles is 1. The lowest BCUT2D eigenvalue weighted by molar-refractivity contribution is 1.42. The zero-order chi connectivity index (χ0) is 8.97. The second-order valence-corrected chi connectivity index (χ2v) is 2.22. The molecule has 2 N–H and O–H groups in total. The molecule has 1 aromatic rings. The summed E-state index contributed by atoms with van der Waals surface area (Å²) in [5, 5.41) is 15.3. The van der Waals surface area contributed by atoms with Crippen LogP contribution < -0.4 is 5.59 Å². The van der Waals surface area contributed by atoms with E-state index < -0.39 is 0 Å². The molecule has 4 heteroatoms. The van der Waals surface area contributed by atoms with E-state index in [4.69, 9.17) is 18.5 Å². The van der Waals surface area contributed by atoms with Gasteiger partial charge in [0.1, 0.15) is 13.9 Å². The van der Waals surface area contributed by atoms with Crippen LogP contribution in [0.5, 0.6) is 0 Å². The zero-order valence-electron chi connectivity index (χ0n) is 6.33. The van der Waals surface area contributed by atoms with Crippen molar-refractivity contribution >= 4 is 25.7 Å². The molecule has 56 valence electrons. The number of rotatable bonds is 2. The van der Waals surface area contributed by atoms with Crippen LogP contribution in [0, 0.1) is 16.7 Å². The van der Waals surface area contributed by atoms with Crippen LogP contribution in [0.25, 0.3) is 6.08 Å². The number of hydrogen-bond acceptors (Lipinski definition) is 2. The lowest BCUT2D eigenvalue weighted by atomic mass is 10.1. The molecule has 3 nitrogen and oxygen atoms in total. The molecular formula is C8H6BN3. The number of aromatic nitrogens is 1. The SMILES string of the molecule is [B]c1ccc(/C=C(/C#N)C=N)[nH]1. The molecule has 0 saturated heterocycles. The Hall–Kier alpha value is -1.76. The van der Waals surface area contributed by atoms with Gasteiger partial charge in [-0.1, -0.05) is 6.07 Å². The first kappa shape index (κ1) is 8.34. The third-order valence-electron chi connectivity index (χ3n) is 1.33. The number of aromatic amines is 1. The Balaban J connectivity index is 2.95. The van der Waals surface area contributed by atoms with Crippen LogP contribution in [0.1, 0.15) is 5.69 Å². The summed E-state index contributed by atoms with van der Waals surface area (Å²) in [7, 11) is 5.41. The number of allylic oxidation sites excluding steroid dienone is 1. The molecule has 0 amide bonds. The minimum Gasteiger partial charge on any atom is -0.369 e. The van der Waals surface area contributed by atoms with Crippen LogP contribution in [0.2, 0.25) is 0 Å². The lowest BCUT2D eigenvalue weighted by Crippen LogP contribution is -2.00. The molecule has 0 aliphatic carbocycles. The van der Waals surface area contributed by atoms with Crippen LogP contribution in [0.4, 0.5) is 0 Å². The number of nitrogens with one attached hydrogen (secondary N) is 2. The molecule has 0 bridgehead atoms. The summed E-state index contributed by atoms with van der Waals surface area (Å²) in [5.74, 6) is 0. The van der Waals surface area contributed by atoms with Gasteiger partial charge in [0, 0.05) is 11.9 Å². The fourth-order valence-electron chi connectivity index (χ4n) is 0.788. The van der Waals surface area contributed by atoms with E-state index >= 15 is 0 Å². The molecule has 0 spiro atoms. The molecule has 0 aromatic carbocycles. The van der Waals surface area contributed by atoms with Crippen molar-refractivity contribution in [2.75, 3.05) is 0 Å². The summed E-state index contributed by atoms with van der Waals surface area (Å²) in [6.07, 6.45) is 2.56. The first-order valence-electron chi connectivity index (χ1n) is 3.33. The second-order valence-electron chi connectivity index (χ2n) is 2.22. The van der Waals surface area contributed by atoms with Crippen molar-refractivity contribution in [2.24, 2.45) is 0 Å². The predicted octanol–water partition coefficient (Wildman–Crippen LogP) is 0.365. The molecule has 1 rings (SSSR count). The van der Waals surface area contributed by atoms with E-state index in [0.717, 1.165) is 11.9 Å². The maximum Gasteiger partial charge on any atom is 0.138 e. The van der Waals surface area contributed by atoms with E-state index in [0.29, 0.717) is 5.59 Å². The fourth-order valence-corrected chi connectivity index (χ4v) is 0.788. The Morgan fingerprint density at radius 1 is 1.67 bits per heavy atom. The lowest BCUT2D eigenvalue weighted by Gasteiger charge is -1.86. The van der Waals surface area contributed by atoms with E-state index in [1.165, 1.54) is 0 Å². The topological polar surface area (TPSA) is 63.4 Å². The number of H-pyrrole nitrogens is 1. The van der Waals surface area contributed by atoms with Gasteiger partial charge in [-0.15, -0.1) is 0 Å². The van der Waals surface area contributed by atoms with Crippen LogP contribution in [0.3, 0.4) is 0 Å². The van der Waals surface area contributed by atoms with Crippen LogP contribution in [-0.2, 0) is 0 Å². The maximum absolute atomic E-state index is 8.48. The summed E-state index contributed by atoms with van der Waals surface area (Å²) >= 11 is 0. The number of nitrogens with zero attached hydrogens (tertiary/aromatic N) is 1. The second kappa shape index (κ2) is 3.58. The van der Waals surface area contributed by atoms with E-state index in [1.807, 2.05) is 6.07 Å². The minimum absolute atomic E-state index is 0.289. The summed E-state index contributed by atoms with van der Waals surface area (Å²) in [4.78, 5) is 2.82. The van der Waals surface area contributed by atoms with E-state index in [2.05, 4.69) is 4.98 Å². The van der Waals surface area contributed by atoms with Gasteiger partial charge in [-0.3, -0.25) is 0 Å². The Labute approximate surface area is 71.6 Å². The molecule has 0 saturated carbocycles. The van der Waals surface area contributed by atoms with Gasteiger partial charge in [-0.2, -0.15) is 5.26 Å². The summed E-state index contributed by atoms with van der Waals surface area (Å²) in [5.41, 5.74) is 1.56. The molecule has 1 aromatic heterocycles. The quantitative estimate of drug-likeness (QED) is 0.361. The number of hydrogen-bond donors (Lipinski definition) is 2. The average molecular weight is 155 g/mol. The van der Waals surface area contributed by atoms with Crippen molar-refractivity contribution in [3.8, 4) is 6.07 Å². The van der Waals surface area contributed by atoms with Crippen molar-refractivity contribution in [1.82, 2.24) is 4.98 Å². The Morgan fingerprint density at radius 3 is 2.83 bits per heavy atom. The van der Waals surface area contributed by atoms with Gasteiger partial charge in [0.15, 0.2) is 0 Å². The van der Waals surface area contributed by atoms with Gasteiger partial charge in [-0.05, 0) is 17.7 Å². The van der Waals surface area contributed by atoms with Crippen LogP contribution in [0.15, 0.2) is 17.7 Å². The highest BCUT2D eigenvalue weighted by molar-refractivity contribution is 6.30. The molecule has 0 atom stereocenters. The Bertz CT molecular complexity index is 357. The van der Waals surface area contributed by atoms with Crippen LogP contribution in [-0.4, -0.2) is 19.0 Å². The van der Waals surface area contributed by atoms with Crippen molar-refractivity contribution < 1.29 is 0 Å². The largest absolute Gasteiger partial charge is 0.369 e. The molecule has 0 fully saturated rings. The van der Waals surface area contributed by atoms with E-state index in [9.17, 15) is 0 Å². The molecule has 12 heavy (non-hydrogen) atoms. The standard InChI is InChI=1S/C8H6BN3/c9-8-2-1-7(12-8)3-6(4-10)5-11/h1-4,10,12H/b6-3+,10-4?.